The number of para-hydroxylation sites is 1. The highest BCUT2D eigenvalue weighted by Crippen LogP contribution is 2.07. The van der Waals surface area contributed by atoms with E-state index < -0.39 is 0 Å². The Kier molecular flexibility index (Phi) is 8.04. The van der Waals surface area contributed by atoms with Crippen LogP contribution in [0.25, 0.3) is 0 Å². The van der Waals surface area contributed by atoms with E-state index in [1.165, 1.54) is 12.8 Å². The fourth-order valence-electron chi connectivity index (χ4n) is 1.40. The van der Waals surface area contributed by atoms with Crippen LogP contribution in [-0.2, 0) is 4.74 Å². The van der Waals surface area contributed by atoms with Gasteiger partial charge in [0, 0.05) is 6.61 Å². The van der Waals surface area contributed by atoms with E-state index in [0.29, 0.717) is 13.2 Å². The lowest BCUT2D eigenvalue weighted by Gasteiger charge is -2.02. The summed E-state index contributed by atoms with van der Waals surface area (Å²) < 4.78 is 11.0. The number of benzene rings is 1. The number of rotatable bonds is 9. The van der Waals surface area contributed by atoms with Crippen LogP contribution in [0.3, 0.4) is 0 Å². The van der Waals surface area contributed by atoms with Gasteiger partial charge in [0.1, 0.15) is 12.4 Å². The summed E-state index contributed by atoms with van der Waals surface area (Å²) >= 11 is 0. The second kappa shape index (κ2) is 9.91. The Morgan fingerprint density at radius 3 is 2.53 bits per heavy atom. The highest BCUT2D eigenvalue weighted by molar-refractivity contribution is 5.21. The molecule has 17 heavy (non-hydrogen) atoms. The molecule has 0 amide bonds. The van der Waals surface area contributed by atoms with Gasteiger partial charge in [0.05, 0.1) is 6.61 Å². The van der Waals surface area contributed by atoms with Crippen LogP contribution in [0.5, 0.6) is 5.75 Å². The van der Waals surface area contributed by atoms with Gasteiger partial charge in [-0.3, -0.25) is 0 Å². The van der Waals surface area contributed by atoms with Crippen molar-refractivity contribution in [2.45, 2.75) is 26.2 Å². The molecule has 0 saturated carbocycles. The molecule has 0 heterocycles. The Bertz CT molecular complexity index is 293. The topological polar surface area (TPSA) is 18.5 Å². The molecule has 0 atom stereocenters. The Morgan fingerprint density at radius 1 is 1.00 bits per heavy atom. The van der Waals surface area contributed by atoms with Gasteiger partial charge in [-0.05, 0) is 24.6 Å². The number of unbranched alkanes of at least 4 members (excludes halogenated alkanes) is 2. The van der Waals surface area contributed by atoms with Gasteiger partial charge in [-0.25, -0.2) is 0 Å². The maximum absolute atomic E-state index is 5.51. The summed E-state index contributed by atoms with van der Waals surface area (Å²) in [5.41, 5.74) is 0. The molecule has 2 nitrogen and oxygen atoms in total. The standard InChI is InChI=1S/C15H22O2/c1-2-3-7-12-16-13-8-9-14-17-15-10-5-4-6-11-15/h4-6,8-11H,2-3,7,12-14H2,1H3/b9-8-. The predicted molar refractivity (Wildman–Crippen MR) is 71.4 cm³/mol. The molecular weight excluding hydrogens is 212 g/mol. The zero-order valence-electron chi connectivity index (χ0n) is 10.6. The van der Waals surface area contributed by atoms with Crippen molar-refractivity contribution in [2.75, 3.05) is 19.8 Å². The molecule has 0 saturated heterocycles. The van der Waals surface area contributed by atoms with E-state index in [2.05, 4.69) is 6.92 Å². The first-order valence-corrected chi connectivity index (χ1v) is 6.34. The Morgan fingerprint density at radius 2 is 1.76 bits per heavy atom. The molecule has 0 unspecified atom stereocenters. The van der Waals surface area contributed by atoms with Gasteiger partial charge < -0.3 is 9.47 Å². The molecule has 0 bridgehead atoms. The van der Waals surface area contributed by atoms with Gasteiger partial charge in [0.15, 0.2) is 0 Å². The monoisotopic (exact) mass is 234 g/mol. The van der Waals surface area contributed by atoms with E-state index in [-0.39, 0.29) is 0 Å². The molecule has 0 spiro atoms. The van der Waals surface area contributed by atoms with Crippen LogP contribution < -0.4 is 4.74 Å². The summed E-state index contributed by atoms with van der Waals surface area (Å²) in [6.07, 6.45) is 7.65. The van der Waals surface area contributed by atoms with Gasteiger partial charge in [0.25, 0.3) is 0 Å². The second-order valence-corrected chi connectivity index (χ2v) is 3.88. The molecule has 0 aliphatic carbocycles. The van der Waals surface area contributed by atoms with E-state index >= 15 is 0 Å². The molecule has 1 aromatic rings. The van der Waals surface area contributed by atoms with E-state index in [9.17, 15) is 0 Å². The number of hydrogen-bond donors (Lipinski definition) is 0. The van der Waals surface area contributed by atoms with Gasteiger partial charge >= 0.3 is 0 Å². The SMILES string of the molecule is CCCCCOC/C=C\COc1ccccc1. The number of hydrogen-bond acceptors (Lipinski definition) is 2. The largest absolute Gasteiger partial charge is 0.490 e. The molecule has 0 aromatic heterocycles. The zero-order chi connectivity index (χ0) is 12.2. The lowest BCUT2D eigenvalue weighted by atomic mass is 10.3. The lowest BCUT2D eigenvalue weighted by Crippen LogP contribution is -1.96. The van der Waals surface area contributed by atoms with E-state index in [0.717, 1.165) is 18.8 Å². The summed E-state index contributed by atoms with van der Waals surface area (Å²) in [4.78, 5) is 0. The summed E-state index contributed by atoms with van der Waals surface area (Å²) in [7, 11) is 0. The fourth-order valence-corrected chi connectivity index (χ4v) is 1.40. The molecule has 1 aromatic carbocycles. The highest BCUT2D eigenvalue weighted by Gasteiger charge is 1.88. The first-order chi connectivity index (χ1) is 8.43. The van der Waals surface area contributed by atoms with Crippen molar-refractivity contribution in [1.82, 2.24) is 0 Å². The molecule has 1 rings (SSSR count). The van der Waals surface area contributed by atoms with Crippen LogP contribution in [0.15, 0.2) is 42.5 Å². The van der Waals surface area contributed by atoms with Crippen LogP contribution >= 0.6 is 0 Å². The van der Waals surface area contributed by atoms with Crippen molar-refractivity contribution in [3.8, 4) is 5.75 Å². The minimum Gasteiger partial charge on any atom is -0.490 e. The average Bonchev–Trinajstić information content (AvgIpc) is 2.38. The van der Waals surface area contributed by atoms with E-state index in [4.69, 9.17) is 9.47 Å². The van der Waals surface area contributed by atoms with Crippen molar-refractivity contribution in [2.24, 2.45) is 0 Å². The van der Waals surface area contributed by atoms with Gasteiger partial charge in [0.2, 0.25) is 0 Å². The summed E-state index contributed by atoms with van der Waals surface area (Å²) in [5, 5.41) is 0. The van der Waals surface area contributed by atoms with Crippen LogP contribution in [0, 0.1) is 0 Å². The van der Waals surface area contributed by atoms with Crippen molar-refractivity contribution >= 4 is 0 Å². The third kappa shape index (κ3) is 7.58. The van der Waals surface area contributed by atoms with Gasteiger partial charge in [-0.15, -0.1) is 0 Å². The summed E-state index contributed by atoms with van der Waals surface area (Å²) in [5.74, 6) is 0.904. The maximum Gasteiger partial charge on any atom is 0.119 e. The van der Waals surface area contributed by atoms with Gasteiger partial charge in [-0.1, -0.05) is 44.0 Å². The molecule has 94 valence electrons. The van der Waals surface area contributed by atoms with E-state index in [1.807, 2.05) is 42.5 Å². The van der Waals surface area contributed by atoms with Crippen molar-refractivity contribution in [1.29, 1.82) is 0 Å². The highest BCUT2D eigenvalue weighted by atomic mass is 16.5. The Labute approximate surface area is 104 Å². The molecule has 0 fully saturated rings. The smallest absolute Gasteiger partial charge is 0.119 e. The van der Waals surface area contributed by atoms with Crippen LogP contribution in [0.2, 0.25) is 0 Å². The molecule has 0 aliphatic heterocycles. The zero-order valence-corrected chi connectivity index (χ0v) is 10.6. The van der Waals surface area contributed by atoms with Crippen molar-refractivity contribution in [3.63, 3.8) is 0 Å². The third-order valence-corrected chi connectivity index (χ3v) is 2.36. The van der Waals surface area contributed by atoms with Crippen molar-refractivity contribution in [3.05, 3.63) is 42.5 Å². The molecule has 2 heteroatoms. The van der Waals surface area contributed by atoms with Crippen LogP contribution in [-0.4, -0.2) is 19.8 Å². The molecule has 0 aliphatic rings. The second-order valence-electron chi connectivity index (χ2n) is 3.88. The van der Waals surface area contributed by atoms with E-state index in [1.54, 1.807) is 0 Å². The average molecular weight is 234 g/mol. The number of ether oxygens (including phenoxy) is 2. The van der Waals surface area contributed by atoms with Gasteiger partial charge in [-0.2, -0.15) is 0 Å². The normalized spacial score (nSPS) is 10.9. The minimum absolute atomic E-state index is 0.600. The Hall–Kier alpha value is -1.28. The first kappa shape index (κ1) is 13.8. The quantitative estimate of drug-likeness (QED) is 0.477. The van der Waals surface area contributed by atoms with Crippen LogP contribution in [0.1, 0.15) is 26.2 Å². The third-order valence-electron chi connectivity index (χ3n) is 2.36. The molecule has 0 N–H and O–H groups in total. The fraction of sp³-hybridized carbons (Fsp3) is 0.467. The predicted octanol–water partition coefficient (Wildman–Crippen LogP) is 3.83. The summed E-state index contributed by atoms with van der Waals surface area (Å²) in [6.45, 7) is 4.34. The molecule has 0 radical (unpaired) electrons. The first-order valence-electron chi connectivity index (χ1n) is 6.34. The molecular formula is C15H22O2. The minimum atomic E-state index is 0.600. The summed E-state index contributed by atoms with van der Waals surface area (Å²) in [6, 6.07) is 9.82. The van der Waals surface area contributed by atoms with Crippen LogP contribution in [0.4, 0.5) is 0 Å². The maximum atomic E-state index is 5.51. The lowest BCUT2D eigenvalue weighted by molar-refractivity contribution is 0.157. The van der Waals surface area contributed by atoms with Crippen molar-refractivity contribution < 1.29 is 9.47 Å². The Balaban J connectivity index is 1.96.